The van der Waals surface area contributed by atoms with Gasteiger partial charge >= 0.3 is 0 Å². The number of nitrogens with one attached hydrogen (secondary N) is 1. The maximum Gasteiger partial charge on any atom is 0.258 e. The molecule has 0 bridgehead atoms. The maximum absolute atomic E-state index is 12.4. The Labute approximate surface area is 140 Å². The minimum Gasteiger partial charge on any atom is -0.496 e. The minimum atomic E-state index is -0.228. The fraction of sp³-hybridized carbons (Fsp3) is 0.375. The van der Waals surface area contributed by atoms with Crippen molar-refractivity contribution in [2.75, 3.05) is 20.8 Å². The molecule has 6 nitrogen and oxygen atoms in total. The Morgan fingerprint density at radius 3 is 2.48 bits per heavy atom. The number of hydrogen-bond acceptors (Lipinski definition) is 4. The van der Waals surface area contributed by atoms with Gasteiger partial charge in [-0.1, -0.05) is 17.7 Å². The zero-order chi connectivity index (χ0) is 16.8. The van der Waals surface area contributed by atoms with E-state index in [4.69, 9.17) is 21.1 Å². The third kappa shape index (κ3) is 4.16. The largest absolute Gasteiger partial charge is 0.496 e. The number of halogens is 1. The van der Waals surface area contributed by atoms with Gasteiger partial charge in [0.1, 0.15) is 17.1 Å². The quantitative estimate of drug-likeness (QED) is 0.789. The van der Waals surface area contributed by atoms with Crippen molar-refractivity contribution in [2.45, 2.75) is 19.9 Å². The van der Waals surface area contributed by atoms with E-state index in [-0.39, 0.29) is 5.91 Å². The molecule has 7 heteroatoms. The number of rotatable bonds is 7. The van der Waals surface area contributed by atoms with Crippen LogP contribution in [0.3, 0.4) is 0 Å². The first-order chi connectivity index (χ1) is 11.1. The van der Waals surface area contributed by atoms with Crippen LogP contribution in [0.4, 0.5) is 0 Å². The summed E-state index contributed by atoms with van der Waals surface area (Å²) >= 11 is 5.96. The van der Waals surface area contributed by atoms with Gasteiger partial charge in [-0.25, -0.2) is 0 Å². The number of hydrogen-bond donors (Lipinski definition) is 1. The molecule has 2 aromatic rings. The summed E-state index contributed by atoms with van der Waals surface area (Å²) in [5.41, 5.74) is 1.20. The second kappa shape index (κ2) is 7.87. The number of nitrogens with zero attached hydrogens (tertiary/aromatic N) is 2. The lowest BCUT2D eigenvalue weighted by Crippen LogP contribution is -2.26. The molecular formula is C16H20ClN3O3. The molecule has 1 amide bonds. The molecule has 0 unspecified atom stereocenters. The normalized spacial score (nSPS) is 10.4. The van der Waals surface area contributed by atoms with Crippen LogP contribution in [-0.4, -0.2) is 36.5 Å². The average Bonchev–Trinajstić information content (AvgIpc) is 2.88. The van der Waals surface area contributed by atoms with E-state index in [1.807, 2.05) is 6.92 Å². The van der Waals surface area contributed by atoms with Crippen LogP contribution in [0.5, 0.6) is 11.5 Å². The van der Waals surface area contributed by atoms with Gasteiger partial charge in [0, 0.05) is 19.3 Å². The molecule has 0 saturated heterocycles. The van der Waals surface area contributed by atoms with Crippen molar-refractivity contribution < 1.29 is 14.3 Å². The van der Waals surface area contributed by atoms with Gasteiger partial charge in [-0.3, -0.25) is 9.48 Å². The predicted octanol–water partition coefficient (Wildman–Crippen LogP) is 2.68. The summed E-state index contributed by atoms with van der Waals surface area (Å²) in [5.74, 6) is 0.738. The van der Waals surface area contributed by atoms with Crippen molar-refractivity contribution >= 4 is 17.5 Å². The molecule has 23 heavy (non-hydrogen) atoms. The number of benzene rings is 1. The highest BCUT2D eigenvalue weighted by molar-refractivity contribution is 6.31. The van der Waals surface area contributed by atoms with Crippen molar-refractivity contribution in [3.8, 4) is 11.5 Å². The first kappa shape index (κ1) is 17.1. The predicted molar refractivity (Wildman–Crippen MR) is 88.5 cm³/mol. The van der Waals surface area contributed by atoms with E-state index in [1.54, 1.807) is 29.1 Å². The summed E-state index contributed by atoms with van der Waals surface area (Å²) < 4.78 is 12.2. The third-order valence-electron chi connectivity index (χ3n) is 3.39. The molecule has 0 spiro atoms. The number of methoxy groups -OCH3 is 2. The van der Waals surface area contributed by atoms with Crippen LogP contribution in [0.25, 0.3) is 0 Å². The van der Waals surface area contributed by atoms with Crippen LogP contribution >= 0.6 is 11.6 Å². The van der Waals surface area contributed by atoms with Gasteiger partial charge in [0.15, 0.2) is 0 Å². The number of ether oxygens (including phenoxy) is 2. The highest BCUT2D eigenvalue weighted by atomic mass is 35.5. The van der Waals surface area contributed by atoms with Crippen LogP contribution in [0.2, 0.25) is 5.02 Å². The van der Waals surface area contributed by atoms with Gasteiger partial charge in [-0.15, -0.1) is 0 Å². The average molecular weight is 338 g/mol. The summed E-state index contributed by atoms with van der Waals surface area (Å²) in [7, 11) is 3.05. The summed E-state index contributed by atoms with van der Waals surface area (Å²) in [4.78, 5) is 12.4. The zero-order valence-electron chi connectivity index (χ0n) is 13.4. The number of aryl methyl sites for hydroxylation is 2. The molecule has 1 aromatic heterocycles. The van der Waals surface area contributed by atoms with E-state index in [1.165, 1.54) is 14.2 Å². The Bertz CT molecular complexity index is 643. The first-order valence-electron chi connectivity index (χ1n) is 7.25. The summed E-state index contributed by atoms with van der Waals surface area (Å²) in [6, 6.07) is 5.23. The Kier molecular flexibility index (Phi) is 5.87. The minimum absolute atomic E-state index is 0.228. The van der Waals surface area contributed by atoms with Gasteiger partial charge in [0.2, 0.25) is 0 Å². The molecule has 1 aromatic carbocycles. The van der Waals surface area contributed by atoms with Gasteiger partial charge in [0.05, 0.1) is 24.9 Å². The van der Waals surface area contributed by atoms with Crippen LogP contribution in [-0.2, 0) is 6.54 Å². The van der Waals surface area contributed by atoms with Crippen LogP contribution in [0.1, 0.15) is 22.5 Å². The summed E-state index contributed by atoms with van der Waals surface area (Å²) in [6.07, 6.45) is 2.52. The Morgan fingerprint density at radius 2 is 1.96 bits per heavy atom. The molecule has 0 atom stereocenters. The lowest BCUT2D eigenvalue weighted by molar-refractivity contribution is 0.0946. The van der Waals surface area contributed by atoms with Crippen LogP contribution in [0.15, 0.2) is 24.4 Å². The molecular weight excluding hydrogens is 318 g/mol. The van der Waals surface area contributed by atoms with Gasteiger partial charge in [-0.2, -0.15) is 5.10 Å². The lowest BCUT2D eigenvalue weighted by atomic mass is 10.1. The number of carbonyl (C=O) groups is 1. The molecule has 0 saturated carbocycles. The molecule has 1 heterocycles. The van der Waals surface area contributed by atoms with E-state index in [9.17, 15) is 4.79 Å². The molecule has 1 N–H and O–H groups in total. The van der Waals surface area contributed by atoms with E-state index in [2.05, 4.69) is 10.4 Å². The Hall–Kier alpha value is -2.21. The molecule has 0 aliphatic carbocycles. The second-order valence-electron chi connectivity index (χ2n) is 4.97. The molecule has 2 rings (SSSR count). The second-order valence-corrected chi connectivity index (χ2v) is 5.38. The fourth-order valence-electron chi connectivity index (χ4n) is 2.21. The number of carbonyl (C=O) groups excluding carboxylic acids is 1. The van der Waals surface area contributed by atoms with Crippen LogP contribution < -0.4 is 14.8 Å². The van der Waals surface area contributed by atoms with Crippen LogP contribution in [0, 0.1) is 6.92 Å². The molecule has 0 fully saturated rings. The molecule has 0 radical (unpaired) electrons. The van der Waals surface area contributed by atoms with Crippen molar-refractivity contribution in [1.82, 2.24) is 15.1 Å². The molecule has 0 aliphatic rings. The zero-order valence-corrected chi connectivity index (χ0v) is 14.2. The van der Waals surface area contributed by atoms with Gasteiger partial charge in [-0.05, 0) is 25.5 Å². The SMILES string of the molecule is COc1cccc(OC)c1C(=O)NCCCn1cc(Cl)c(C)n1. The van der Waals surface area contributed by atoms with Gasteiger partial charge < -0.3 is 14.8 Å². The molecule has 124 valence electrons. The smallest absolute Gasteiger partial charge is 0.258 e. The summed E-state index contributed by atoms with van der Waals surface area (Å²) in [5, 5.41) is 7.78. The first-order valence-corrected chi connectivity index (χ1v) is 7.63. The maximum atomic E-state index is 12.4. The molecule has 0 aliphatic heterocycles. The van der Waals surface area contributed by atoms with E-state index in [0.717, 1.165) is 12.1 Å². The number of aromatic nitrogens is 2. The Morgan fingerprint density at radius 1 is 1.30 bits per heavy atom. The Balaban J connectivity index is 1.92. The van der Waals surface area contributed by atoms with Crippen molar-refractivity contribution in [2.24, 2.45) is 0 Å². The van der Waals surface area contributed by atoms with Crippen molar-refractivity contribution in [1.29, 1.82) is 0 Å². The highest BCUT2D eigenvalue weighted by Crippen LogP contribution is 2.27. The third-order valence-corrected chi connectivity index (χ3v) is 3.76. The van der Waals surface area contributed by atoms with E-state index >= 15 is 0 Å². The number of amides is 1. The summed E-state index contributed by atoms with van der Waals surface area (Å²) in [6.45, 7) is 3.04. The van der Waals surface area contributed by atoms with Crippen molar-refractivity contribution in [3.63, 3.8) is 0 Å². The van der Waals surface area contributed by atoms with E-state index in [0.29, 0.717) is 35.2 Å². The lowest BCUT2D eigenvalue weighted by Gasteiger charge is -2.13. The monoisotopic (exact) mass is 337 g/mol. The fourth-order valence-corrected chi connectivity index (χ4v) is 2.36. The van der Waals surface area contributed by atoms with E-state index < -0.39 is 0 Å². The highest BCUT2D eigenvalue weighted by Gasteiger charge is 2.17. The van der Waals surface area contributed by atoms with Crippen molar-refractivity contribution in [3.05, 3.63) is 40.7 Å². The topological polar surface area (TPSA) is 65.4 Å². The standard InChI is InChI=1S/C16H20ClN3O3/c1-11-12(17)10-20(19-11)9-5-8-18-16(21)15-13(22-2)6-4-7-14(15)23-3/h4,6-7,10H,5,8-9H2,1-3H3,(H,18,21). The van der Waals surface area contributed by atoms with Gasteiger partial charge in [0.25, 0.3) is 5.91 Å².